The number of likely N-dealkylation sites (N-methyl/N-ethyl adjacent to an activating group) is 1. The van der Waals surface area contributed by atoms with Gasteiger partial charge in [-0.3, -0.25) is 0 Å². The Balaban J connectivity index is 1.52. The van der Waals surface area contributed by atoms with E-state index in [0.29, 0.717) is 47.6 Å². The van der Waals surface area contributed by atoms with Crippen molar-refractivity contribution in [2.75, 3.05) is 35.7 Å². The monoisotopic (exact) mass is 456 g/mol. The normalized spacial score (nSPS) is 18.5. The van der Waals surface area contributed by atoms with Gasteiger partial charge in [-0.05, 0) is 44.0 Å². The summed E-state index contributed by atoms with van der Waals surface area (Å²) in [6.45, 7) is 2.58. The van der Waals surface area contributed by atoms with E-state index in [2.05, 4.69) is 37.0 Å². The quantitative estimate of drug-likeness (QED) is 0.344. The summed E-state index contributed by atoms with van der Waals surface area (Å²) >= 11 is 6.87. The molecule has 2 aliphatic rings. The Morgan fingerprint density at radius 1 is 1.16 bits per heavy atom. The van der Waals surface area contributed by atoms with E-state index in [1.807, 2.05) is 13.1 Å². The Bertz CT molecular complexity index is 1130. The van der Waals surface area contributed by atoms with Crippen LogP contribution < -0.4 is 32.3 Å². The number of aromatic nitrogens is 4. The van der Waals surface area contributed by atoms with Gasteiger partial charge in [-0.15, -0.1) is 5.10 Å². The zero-order valence-electron chi connectivity index (χ0n) is 18.1. The van der Waals surface area contributed by atoms with E-state index < -0.39 is 0 Å². The highest BCUT2D eigenvalue weighted by molar-refractivity contribution is 6.36. The first-order valence-electron chi connectivity index (χ1n) is 11.0. The second kappa shape index (κ2) is 8.70. The number of nitrogens with one attached hydrogen (secondary N) is 3. The highest BCUT2D eigenvalue weighted by Crippen LogP contribution is 2.37. The van der Waals surface area contributed by atoms with Gasteiger partial charge in [0.05, 0.1) is 28.3 Å². The molecule has 3 heterocycles. The Kier molecular flexibility index (Phi) is 5.76. The second-order valence-corrected chi connectivity index (χ2v) is 8.80. The van der Waals surface area contributed by atoms with Crippen LogP contribution in [0.1, 0.15) is 30.5 Å². The van der Waals surface area contributed by atoms with Crippen molar-refractivity contribution in [2.24, 2.45) is 11.5 Å². The van der Waals surface area contributed by atoms with Crippen molar-refractivity contribution in [1.82, 2.24) is 24.9 Å². The molecule has 1 saturated heterocycles. The van der Waals surface area contributed by atoms with Crippen molar-refractivity contribution in [1.29, 1.82) is 0 Å². The predicted molar refractivity (Wildman–Crippen MR) is 128 cm³/mol. The molecule has 7 N–H and O–H groups in total. The van der Waals surface area contributed by atoms with Crippen molar-refractivity contribution in [3.8, 4) is 0 Å². The topological polar surface area (TPSA) is 134 Å². The van der Waals surface area contributed by atoms with Crippen LogP contribution in [-0.2, 0) is 13.1 Å². The van der Waals surface area contributed by atoms with Gasteiger partial charge in [0, 0.05) is 38.3 Å². The zero-order chi connectivity index (χ0) is 22.2. The van der Waals surface area contributed by atoms with Gasteiger partial charge in [0.2, 0.25) is 5.95 Å². The minimum Gasteiger partial charge on any atom is -0.369 e. The van der Waals surface area contributed by atoms with Gasteiger partial charge >= 0.3 is 0 Å². The molecule has 5 rings (SSSR count). The first-order chi connectivity index (χ1) is 15.6. The van der Waals surface area contributed by atoms with Crippen LogP contribution in [0.3, 0.4) is 0 Å². The van der Waals surface area contributed by atoms with Gasteiger partial charge in [-0.2, -0.15) is 4.98 Å². The molecule has 32 heavy (non-hydrogen) atoms. The Labute approximate surface area is 191 Å². The number of rotatable bonds is 8. The summed E-state index contributed by atoms with van der Waals surface area (Å²) in [5.41, 5.74) is 16.1. The van der Waals surface area contributed by atoms with Gasteiger partial charge < -0.3 is 32.3 Å². The Hall–Kier alpha value is -2.66. The molecule has 2 fully saturated rings. The molecule has 1 atom stereocenters. The summed E-state index contributed by atoms with van der Waals surface area (Å²) in [6.07, 6.45) is 5.06. The molecule has 3 aromatic rings. The lowest BCUT2D eigenvalue weighted by Gasteiger charge is -2.23. The molecule has 2 aromatic heterocycles. The molecule has 170 valence electrons. The fourth-order valence-corrected chi connectivity index (χ4v) is 4.35. The minimum atomic E-state index is 0.329. The van der Waals surface area contributed by atoms with E-state index in [1.54, 1.807) is 10.7 Å². The molecular weight excluding hydrogens is 428 g/mol. The van der Waals surface area contributed by atoms with E-state index in [-0.39, 0.29) is 0 Å². The van der Waals surface area contributed by atoms with Crippen molar-refractivity contribution in [2.45, 2.75) is 44.4 Å². The highest BCUT2D eigenvalue weighted by atomic mass is 35.5. The third kappa shape index (κ3) is 4.06. The first-order valence-corrected chi connectivity index (χ1v) is 11.4. The van der Waals surface area contributed by atoms with E-state index in [1.165, 1.54) is 0 Å². The van der Waals surface area contributed by atoms with Crippen LogP contribution in [0.25, 0.3) is 5.65 Å². The summed E-state index contributed by atoms with van der Waals surface area (Å²) in [5, 5.41) is 15.4. The summed E-state index contributed by atoms with van der Waals surface area (Å²) in [5.74, 6) is 1.11. The predicted octanol–water partition coefficient (Wildman–Crippen LogP) is 1.81. The van der Waals surface area contributed by atoms with E-state index >= 15 is 0 Å². The number of imidazole rings is 1. The smallest absolute Gasteiger partial charge is 0.247 e. The van der Waals surface area contributed by atoms with E-state index in [9.17, 15) is 0 Å². The lowest BCUT2D eigenvalue weighted by atomic mass is 10.1. The maximum Gasteiger partial charge on any atom is 0.247 e. The molecular formula is C21H29ClN10. The molecule has 0 amide bonds. The van der Waals surface area contributed by atoms with Crippen LogP contribution >= 0.6 is 11.6 Å². The Morgan fingerprint density at radius 2 is 2.00 bits per heavy atom. The maximum absolute atomic E-state index is 6.87. The fraction of sp³-hybridized carbons (Fsp3) is 0.476. The minimum absolute atomic E-state index is 0.329. The fourth-order valence-electron chi connectivity index (χ4n) is 4.08. The van der Waals surface area contributed by atoms with E-state index in [4.69, 9.17) is 28.1 Å². The number of fused-ring (bicyclic) bond motifs is 1. The molecule has 1 aliphatic carbocycles. The number of hydrogen-bond acceptors (Lipinski definition) is 9. The maximum atomic E-state index is 6.87. The van der Waals surface area contributed by atoms with Crippen LogP contribution in [0.4, 0.5) is 23.1 Å². The van der Waals surface area contributed by atoms with Crippen LogP contribution in [0, 0.1) is 0 Å². The van der Waals surface area contributed by atoms with Crippen molar-refractivity contribution in [3.05, 3.63) is 34.6 Å². The highest BCUT2D eigenvalue weighted by Gasteiger charge is 2.26. The summed E-state index contributed by atoms with van der Waals surface area (Å²) in [4.78, 5) is 11.5. The molecule has 11 heteroatoms. The number of benzene rings is 1. The summed E-state index contributed by atoms with van der Waals surface area (Å²) < 4.78 is 1.74. The molecule has 0 bridgehead atoms. The second-order valence-electron chi connectivity index (χ2n) is 8.42. The first kappa shape index (κ1) is 21.2. The van der Waals surface area contributed by atoms with E-state index in [0.717, 1.165) is 55.0 Å². The SMILES string of the molecule is CNC1CCN(c2cc(CN)cc(Nc3nc(NC4CC4)c4ncc(CN)n4n3)c2Cl)C1. The van der Waals surface area contributed by atoms with Gasteiger partial charge in [0.25, 0.3) is 0 Å². The van der Waals surface area contributed by atoms with Crippen molar-refractivity contribution >= 4 is 40.4 Å². The van der Waals surface area contributed by atoms with Gasteiger partial charge in [0.15, 0.2) is 11.5 Å². The van der Waals surface area contributed by atoms with Gasteiger partial charge in [-0.1, -0.05) is 11.6 Å². The molecule has 1 aromatic carbocycles. The van der Waals surface area contributed by atoms with Gasteiger partial charge in [0.1, 0.15) is 0 Å². The third-order valence-corrected chi connectivity index (χ3v) is 6.49. The summed E-state index contributed by atoms with van der Waals surface area (Å²) in [7, 11) is 1.99. The lowest BCUT2D eigenvalue weighted by molar-refractivity contribution is 0.617. The zero-order valence-corrected chi connectivity index (χ0v) is 18.9. The standard InChI is InChI=1S/C21H29ClN10/c1-25-14-4-5-31(11-14)17-7-12(8-23)6-16(18(17)22)28-21-29-19(27-13-2-3-13)20-26-10-15(9-24)32(20)30-21/h6-7,10,13-14,25H,2-5,8-9,11,23-24H2,1H3,(H2,27,28,29,30). The number of halogens is 1. The average molecular weight is 457 g/mol. The number of nitrogens with zero attached hydrogens (tertiary/aromatic N) is 5. The van der Waals surface area contributed by atoms with Crippen molar-refractivity contribution in [3.63, 3.8) is 0 Å². The van der Waals surface area contributed by atoms with Crippen LogP contribution in [0.15, 0.2) is 18.3 Å². The third-order valence-electron chi connectivity index (χ3n) is 6.09. The number of hydrogen-bond donors (Lipinski definition) is 5. The molecule has 10 nitrogen and oxygen atoms in total. The van der Waals surface area contributed by atoms with Crippen molar-refractivity contribution < 1.29 is 0 Å². The molecule has 0 spiro atoms. The summed E-state index contributed by atoms with van der Waals surface area (Å²) in [6, 6.07) is 4.89. The molecule has 0 radical (unpaired) electrons. The average Bonchev–Trinajstić information content (AvgIpc) is 3.32. The lowest BCUT2D eigenvalue weighted by Crippen LogP contribution is -2.29. The number of nitrogens with two attached hydrogens (primary N) is 2. The Morgan fingerprint density at radius 3 is 2.69 bits per heavy atom. The van der Waals surface area contributed by atoms with Gasteiger partial charge in [-0.25, -0.2) is 9.50 Å². The van der Waals surface area contributed by atoms with Crippen LogP contribution in [0.5, 0.6) is 0 Å². The molecule has 1 unspecified atom stereocenters. The van der Waals surface area contributed by atoms with Crippen LogP contribution in [0.2, 0.25) is 5.02 Å². The molecule has 1 aliphatic heterocycles. The molecule has 1 saturated carbocycles. The largest absolute Gasteiger partial charge is 0.369 e. The van der Waals surface area contributed by atoms with Crippen LogP contribution in [-0.4, -0.2) is 51.8 Å². The number of anilines is 4.